The van der Waals surface area contributed by atoms with Gasteiger partial charge in [-0.15, -0.1) is 0 Å². The lowest BCUT2D eigenvalue weighted by Crippen LogP contribution is -2.07. The summed E-state index contributed by atoms with van der Waals surface area (Å²) in [4.78, 5) is 3.33. The second-order valence-electron chi connectivity index (χ2n) is 4.69. The number of H-pyrrole nitrogens is 1. The van der Waals surface area contributed by atoms with Crippen molar-refractivity contribution in [1.82, 2.24) is 10.3 Å². The van der Waals surface area contributed by atoms with Gasteiger partial charge < -0.3 is 19.8 Å². The van der Waals surface area contributed by atoms with Crippen LogP contribution in [0.5, 0.6) is 11.5 Å². The minimum atomic E-state index is 0.570. The maximum Gasteiger partial charge on any atom is 0.132 e. The van der Waals surface area contributed by atoms with E-state index in [0.717, 1.165) is 30.1 Å². The van der Waals surface area contributed by atoms with Gasteiger partial charge in [-0.3, -0.25) is 0 Å². The first-order chi connectivity index (χ1) is 8.83. The van der Waals surface area contributed by atoms with Crippen LogP contribution in [0, 0.1) is 0 Å². The van der Waals surface area contributed by atoms with Crippen molar-refractivity contribution >= 4 is 10.9 Å². The lowest BCUT2D eigenvalue weighted by molar-refractivity contribution is 0.397. The van der Waals surface area contributed by atoms with E-state index in [0.29, 0.717) is 5.92 Å². The average molecular weight is 246 g/mol. The molecule has 0 bridgehead atoms. The van der Waals surface area contributed by atoms with E-state index in [9.17, 15) is 0 Å². The van der Waals surface area contributed by atoms with Crippen molar-refractivity contribution in [2.45, 2.75) is 12.3 Å². The fourth-order valence-corrected chi connectivity index (χ4v) is 2.75. The third-order valence-corrected chi connectivity index (χ3v) is 3.70. The lowest BCUT2D eigenvalue weighted by Gasteiger charge is -2.11. The van der Waals surface area contributed by atoms with Crippen LogP contribution in [0.4, 0.5) is 0 Å². The molecule has 0 amide bonds. The fourth-order valence-electron chi connectivity index (χ4n) is 2.75. The molecule has 1 saturated heterocycles. The van der Waals surface area contributed by atoms with Crippen molar-refractivity contribution in [3.05, 3.63) is 23.9 Å². The minimum Gasteiger partial charge on any atom is -0.497 e. The molecule has 1 unspecified atom stereocenters. The molecule has 96 valence electrons. The van der Waals surface area contributed by atoms with Crippen molar-refractivity contribution < 1.29 is 9.47 Å². The summed E-state index contributed by atoms with van der Waals surface area (Å²) in [6.45, 7) is 2.14. The van der Waals surface area contributed by atoms with Crippen molar-refractivity contribution in [1.29, 1.82) is 0 Å². The molecular weight excluding hydrogens is 228 g/mol. The second kappa shape index (κ2) is 4.53. The van der Waals surface area contributed by atoms with Gasteiger partial charge >= 0.3 is 0 Å². The minimum absolute atomic E-state index is 0.570. The molecule has 1 aromatic carbocycles. The van der Waals surface area contributed by atoms with Crippen LogP contribution in [0.1, 0.15) is 17.9 Å². The van der Waals surface area contributed by atoms with E-state index in [-0.39, 0.29) is 0 Å². The molecule has 18 heavy (non-hydrogen) atoms. The molecule has 2 aromatic rings. The molecule has 4 nitrogen and oxygen atoms in total. The Bertz CT molecular complexity index is 556. The molecule has 1 aliphatic rings. The summed E-state index contributed by atoms with van der Waals surface area (Å²) < 4.78 is 10.8. The molecule has 1 fully saturated rings. The number of fused-ring (bicyclic) bond motifs is 1. The number of benzene rings is 1. The highest BCUT2D eigenvalue weighted by Crippen LogP contribution is 2.37. The van der Waals surface area contributed by atoms with E-state index in [2.05, 4.69) is 16.5 Å². The van der Waals surface area contributed by atoms with Crippen LogP contribution in [-0.2, 0) is 0 Å². The van der Waals surface area contributed by atoms with Gasteiger partial charge in [-0.1, -0.05) is 0 Å². The van der Waals surface area contributed by atoms with Crippen LogP contribution < -0.4 is 14.8 Å². The Morgan fingerprint density at radius 2 is 2.11 bits per heavy atom. The number of aromatic nitrogens is 1. The molecule has 2 heterocycles. The number of ether oxygens (including phenoxy) is 2. The van der Waals surface area contributed by atoms with Crippen LogP contribution in [0.25, 0.3) is 10.9 Å². The van der Waals surface area contributed by atoms with Gasteiger partial charge in [0.15, 0.2) is 0 Å². The molecular formula is C14H18N2O2. The number of rotatable bonds is 3. The number of hydrogen-bond donors (Lipinski definition) is 2. The fraction of sp³-hybridized carbons (Fsp3) is 0.429. The van der Waals surface area contributed by atoms with E-state index >= 15 is 0 Å². The molecule has 1 aromatic heterocycles. The predicted octanol–water partition coefficient (Wildman–Crippen LogP) is 2.26. The van der Waals surface area contributed by atoms with Gasteiger partial charge in [-0.2, -0.15) is 0 Å². The van der Waals surface area contributed by atoms with Crippen LogP contribution in [0.15, 0.2) is 18.3 Å². The average Bonchev–Trinajstić information content (AvgIpc) is 3.05. The summed E-state index contributed by atoms with van der Waals surface area (Å²) in [6, 6.07) is 3.96. The molecule has 0 saturated carbocycles. The maximum absolute atomic E-state index is 5.51. The van der Waals surface area contributed by atoms with Gasteiger partial charge in [0, 0.05) is 30.3 Å². The highest BCUT2D eigenvalue weighted by atomic mass is 16.5. The van der Waals surface area contributed by atoms with Gasteiger partial charge in [0.05, 0.1) is 19.7 Å². The Labute approximate surface area is 106 Å². The first-order valence-electron chi connectivity index (χ1n) is 6.27. The lowest BCUT2D eigenvalue weighted by atomic mass is 9.97. The van der Waals surface area contributed by atoms with Gasteiger partial charge in [-0.25, -0.2) is 0 Å². The molecule has 0 aliphatic carbocycles. The Hall–Kier alpha value is -1.68. The molecule has 0 radical (unpaired) electrons. The third kappa shape index (κ3) is 1.73. The first kappa shape index (κ1) is 11.4. The van der Waals surface area contributed by atoms with Crippen LogP contribution in [0.3, 0.4) is 0 Å². The molecule has 3 rings (SSSR count). The van der Waals surface area contributed by atoms with E-state index in [4.69, 9.17) is 9.47 Å². The van der Waals surface area contributed by atoms with Gasteiger partial charge in [0.1, 0.15) is 11.5 Å². The highest BCUT2D eigenvalue weighted by Gasteiger charge is 2.22. The van der Waals surface area contributed by atoms with E-state index in [1.54, 1.807) is 14.2 Å². The van der Waals surface area contributed by atoms with Crippen molar-refractivity contribution in [2.75, 3.05) is 27.3 Å². The van der Waals surface area contributed by atoms with E-state index in [1.165, 1.54) is 17.4 Å². The number of aromatic amines is 1. The van der Waals surface area contributed by atoms with Crippen molar-refractivity contribution in [3.63, 3.8) is 0 Å². The van der Waals surface area contributed by atoms with Crippen molar-refractivity contribution in [2.24, 2.45) is 0 Å². The van der Waals surface area contributed by atoms with Crippen LogP contribution in [0.2, 0.25) is 0 Å². The van der Waals surface area contributed by atoms with Crippen LogP contribution in [-0.4, -0.2) is 32.3 Å². The molecule has 1 atom stereocenters. The van der Waals surface area contributed by atoms with Crippen molar-refractivity contribution in [3.8, 4) is 11.5 Å². The predicted molar refractivity (Wildman–Crippen MR) is 71.6 cm³/mol. The Kier molecular flexibility index (Phi) is 2.88. The smallest absolute Gasteiger partial charge is 0.132 e. The van der Waals surface area contributed by atoms with E-state index in [1.807, 2.05) is 12.1 Å². The summed E-state index contributed by atoms with van der Waals surface area (Å²) in [5.41, 5.74) is 2.42. The zero-order valence-corrected chi connectivity index (χ0v) is 10.7. The van der Waals surface area contributed by atoms with Gasteiger partial charge in [0.25, 0.3) is 0 Å². The zero-order valence-electron chi connectivity index (χ0n) is 10.7. The van der Waals surface area contributed by atoms with E-state index < -0.39 is 0 Å². The standard InChI is InChI=1S/C14H18N2O2/c1-17-10-5-12-14(13(6-10)18-2)11(8-16-12)9-3-4-15-7-9/h5-6,8-9,15-16H,3-4,7H2,1-2H3. The highest BCUT2D eigenvalue weighted by molar-refractivity contribution is 5.91. The third-order valence-electron chi connectivity index (χ3n) is 3.70. The van der Waals surface area contributed by atoms with Gasteiger partial charge in [-0.05, 0) is 24.4 Å². The Balaban J connectivity index is 2.16. The molecule has 1 aliphatic heterocycles. The normalized spacial score (nSPS) is 19.3. The largest absolute Gasteiger partial charge is 0.497 e. The Morgan fingerprint density at radius 1 is 1.22 bits per heavy atom. The second-order valence-corrected chi connectivity index (χ2v) is 4.69. The number of nitrogens with one attached hydrogen (secondary N) is 2. The summed E-state index contributed by atoms with van der Waals surface area (Å²) >= 11 is 0. The zero-order chi connectivity index (χ0) is 12.5. The number of hydrogen-bond acceptors (Lipinski definition) is 3. The molecule has 2 N–H and O–H groups in total. The topological polar surface area (TPSA) is 46.3 Å². The summed E-state index contributed by atoms with van der Waals surface area (Å²) in [7, 11) is 3.38. The summed E-state index contributed by atoms with van der Waals surface area (Å²) in [5, 5.41) is 4.59. The summed E-state index contributed by atoms with van der Waals surface area (Å²) in [6.07, 6.45) is 3.28. The molecule has 0 spiro atoms. The number of methoxy groups -OCH3 is 2. The first-order valence-corrected chi connectivity index (χ1v) is 6.27. The Morgan fingerprint density at radius 3 is 2.78 bits per heavy atom. The SMILES string of the molecule is COc1cc(OC)c2c(C3CCNC3)c[nH]c2c1. The summed E-state index contributed by atoms with van der Waals surface area (Å²) in [5.74, 6) is 2.27. The quantitative estimate of drug-likeness (QED) is 0.873. The maximum atomic E-state index is 5.51. The molecule has 4 heteroatoms. The van der Waals surface area contributed by atoms with Gasteiger partial charge in [0.2, 0.25) is 0 Å². The van der Waals surface area contributed by atoms with Crippen LogP contribution >= 0.6 is 0 Å². The monoisotopic (exact) mass is 246 g/mol.